The molecule has 1 nitrogen and oxygen atoms in total. The van der Waals surface area contributed by atoms with Crippen LogP contribution in [0.1, 0.15) is 19.3 Å². The van der Waals surface area contributed by atoms with Gasteiger partial charge in [-0.05, 0) is 25.8 Å². The van der Waals surface area contributed by atoms with Crippen molar-refractivity contribution in [2.24, 2.45) is 0 Å². The highest BCUT2D eigenvalue weighted by atomic mass is 19.1. The highest BCUT2D eigenvalue weighted by Gasteiger charge is 2.34. The molecular weight excluding hydrogens is 117 g/mol. The quantitative estimate of drug-likeness (QED) is 0.475. The lowest BCUT2D eigenvalue weighted by molar-refractivity contribution is 0.292. The Bertz CT molecular complexity index is 103. The first-order valence-electron chi connectivity index (χ1n) is 3.74. The molecule has 2 atom stereocenters. The highest BCUT2D eigenvalue weighted by molar-refractivity contribution is 4.89. The molecule has 9 heavy (non-hydrogen) atoms. The van der Waals surface area contributed by atoms with Gasteiger partial charge in [-0.15, -0.1) is 0 Å². The van der Waals surface area contributed by atoms with Gasteiger partial charge in [0.25, 0.3) is 0 Å². The van der Waals surface area contributed by atoms with E-state index in [9.17, 15) is 4.39 Å². The van der Waals surface area contributed by atoms with E-state index in [4.69, 9.17) is 0 Å². The van der Waals surface area contributed by atoms with Crippen LogP contribution in [0.2, 0.25) is 0 Å². The third kappa shape index (κ3) is 0.855. The van der Waals surface area contributed by atoms with Crippen LogP contribution in [0.25, 0.3) is 0 Å². The molecule has 2 rings (SSSR count). The Hall–Kier alpha value is -0.110. The summed E-state index contributed by atoms with van der Waals surface area (Å²) in [5.74, 6) is 0. The van der Waals surface area contributed by atoms with E-state index in [2.05, 4.69) is 4.90 Å². The monoisotopic (exact) mass is 129 g/mol. The molecule has 2 heteroatoms. The van der Waals surface area contributed by atoms with Crippen molar-refractivity contribution in [1.82, 2.24) is 4.90 Å². The van der Waals surface area contributed by atoms with Crippen LogP contribution in [0.15, 0.2) is 0 Å². The molecule has 0 radical (unpaired) electrons. The van der Waals surface area contributed by atoms with Crippen molar-refractivity contribution in [3.8, 4) is 0 Å². The van der Waals surface area contributed by atoms with Gasteiger partial charge in [-0.3, -0.25) is 4.90 Å². The molecule has 0 unspecified atom stereocenters. The van der Waals surface area contributed by atoms with E-state index in [1.807, 2.05) is 0 Å². The standard InChI is InChI=1S/C7H12FN/c8-6-4-7-2-1-3-9(7)5-6/h6-7H,1-5H2/t6-,7+/m0/s1. The summed E-state index contributed by atoms with van der Waals surface area (Å²) in [7, 11) is 0. The average molecular weight is 129 g/mol. The van der Waals surface area contributed by atoms with Crippen LogP contribution in [-0.2, 0) is 0 Å². The molecule has 0 N–H and O–H groups in total. The van der Waals surface area contributed by atoms with Crippen LogP contribution in [0, 0.1) is 0 Å². The minimum Gasteiger partial charge on any atom is -0.297 e. The summed E-state index contributed by atoms with van der Waals surface area (Å²) >= 11 is 0. The van der Waals surface area contributed by atoms with Crippen molar-refractivity contribution >= 4 is 0 Å². The first-order valence-corrected chi connectivity index (χ1v) is 3.74. The first-order chi connectivity index (χ1) is 4.36. The lowest BCUT2D eigenvalue weighted by atomic mass is 10.1. The zero-order valence-electron chi connectivity index (χ0n) is 5.52. The Morgan fingerprint density at radius 1 is 1.44 bits per heavy atom. The second-order valence-corrected chi connectivity index (χ2v) is 3.12. The van der Waals surface area contributed by atoms with Crippen molar-refractivity contribution in [3.05, 3.63) is 0 Å². The molecule has 0 spiro atoms. The Labute approximate surface area is 54.8 Å². The fourth-order valence-electron chi connectivity index (χ4n) is 2.03. The molecule has 0 aromatic heterocycles. The van der Waals surface area contributed by atoms with Gasteiger partial charge in [-0.1, -0.05) is 0 Å². The number of hydrogen-bond donors (Lipinski definition) is 0. The van der Waals surface area contributed by atoms with Gasteiger partial charge in [0.2, 0.25) is 0 Å². The average Bonchev–Trinajstić information content (AvgIpc) is 2.22. The molecule has 2 aliphatic rings. The third-order valence-corrected chi connectivity index (χ3v) is 2.46. The molecular formula is C7H12FN. The maximum Gasteiger partial charge on any atom is 0.114 e. The van der Waals surface area contributed by atoms with Gasteiger partial charge >= 0.3 is 0 Å². The number of fused-ring (bicyclic) bond motifs is 1. The molecule has 2 heterocycles. The molecule has 0 aliphatic carbocycles. The fraction of sp³-hybridized carbons (Fsp3) is 1.00. The number of rotatable bonds is 0. The van der Waals surface area contributed by atoms with Crippen molar-refractivity contribution in [1.29, 1.82) is 0 Å². The first kappa shape index (κ1) is 5.66. The zero-order valence-corrected chi connectivity index (χ0v) is 5.52. The van der Waals surface area contributed by atoms with Crippen molar-refractivity contribution in [3.63, 3.8) is 0 Å². The zero-order chi connectivity index (χ0) is 6.27. The number of nitrogens with zero attached hydrogens (tertiary/aromatic N) is 1. The van der Waals surface area contributed by atoms with Crippen LogP contribution in [0.5, 0.6) is 0 Å². The second kappa shape index (κ2) is 1.94. The Morgan fingerprint density at radius 2 is 2.33 bits per heavy atom. The summed E-state index contributed by atoms with van der Waals surface area (Å²) in [6, 6.07) is 0.611. The smallest absolute Gasteiger partial charge is 0.114 e. The van der Waals surface area contributed by atoms with Crippen molar-refractivity contribution in [2.45, 2.75) is 31.5 Å². The van der Waals surface area contributed by atoms with E-state index >= 15 is 0 Å². The number of halogens is 1. The molecule has 0 saturated carbocycles. The van der Waals surface area contributed by atoms with E-state index < -0.39 is 6.17 Å². The maximum absolute atomic E-state index is 12.6. The summed E-state index contributed by atoms with van der Waals surface area (Å²) in [6.45, 7) is 1.86. The predicted molar refractivity (Wildman–Crippen MR) is 34.1 cm³/mol. The summed E-state index contributed by atoms with van der Waals surface area (Å²) in [5, 5.41) is 0. The maximum atomic E-state index is 12.6. The molecule has 2 aliphatic heterocycles. The molecule has 2 fully saturated rings. The molecule has 0 bridgehead atoms. The van der Waals surface area contributed by atoms with Gasteiger partial charge in [0.1, 0.15) is 6.17 Å². The summed E-state index contributed by atoms with van der Waals surface area (Å²) in [6.07, 6.45) is 2.81. The van der Waals surface area contributed by atoms with Gasteiger partial charge in [-0.2, -0.15) is 0 Å². The van der Waals surface area contributed by atoms with E-state index in [1.54, 1.807) is 0 Å². The van der Waals surface area contributed by atoms with Crippen LogP contribution in [0.3, 0.4) is 0 Å². The second-order valence-electron chi connectivity index (χ2n) is 3.12. The van der Waals surface area contributed by atoms with Gasteiger partial charge < -0.3 is 0 Å². The highest BCUT2D eigenvalue weighted by Crippen LogP contribution is 2.28. The topological polar surface area (TPSA) is 3.24 Å². The van der Waals surface area contributed by atoms with Crippen LogP contribution >= 0.6 is 0 Å². The molecule has 52 valence electrons. The minimum absolute atomic E-state index is 0.518. The molecule has 0 aromatic rings. The van der Waals surface area contributed by atoms with Crippen molar-refractivity contribution in [2.75, 3.05) is 13.1 Å². The summed E-state index contributed by atoms with van der Waals surface area (Å²) < 4.78 is 12.6. The van der Waals surface area contributed by atoms with Crippen LogP contribution in [-0.4, -0.2) is 30.2 Å². The molecule has 0 amide bonds. The Kier molecular flexibility index (Phi) is 1.22. The van der Waals surface area contributed by atoms with Gasteiger partial charge in [0.05, 0.1) is 0 Å². The van der Waals surface area contributed by atoms with Crippen LogP contribution in [0.4, 0.5) is 4.39 Å². The van der Waals surface area contributed by atoms with E-state index in [0.29, 0.717) is 12.6 Å². The van der Waals surface area contributed by atoms with E-state index in [1.165, 1.54) is 12.8 Å². The van der Waals surface area contributed by atoms with Gasteiger partial charge in [-0.25, -0.2) is 4.39 Å². The number of hydrogen-bond acceptors (Lipinski definition) is 1. The lowest BCUT2D eigenvalue weighted by Crippen LogP contribution is -2.22. The van der Waals surface area contributed by atoms with E-state index in [-0.39, 0.29) is 0 Å². The molecule has 0 aromatic carbocycles. The third-order valence-electron chi connectivity index (χ3n) is 2.46. The Balaban J connectivity index is 2.02. The summed E-state index contributed by atoms with van der Waals surface area (Å²) in [4.78, 5) is 2.28. The fourth-order valence-corrected chi connectivity index (χ4v) is 2.03. The summed E-state index contributed by atoms with van der Waals surface area (Å²) in [5.41, 5.74) is 0. The largest absolute Gasteiger partial charge is 0.297 e. The van der Waals surface area contributed by atoms with Gasteiger partial charge in [0, 0.05) is 12.6 Å². The Morgan fingerprint density at radius 3 is 3.11 bits per heavy atom. The lowest BCUT2D eigenvalue weighted by Gasteiger charge is -2.11. The normalized spacial score (nSPS) is 43.7. The number of alkyl halides is 1. The molecule has 2 saturated heterocycles. The van der Waals surface area contributed by atoms with E-state index in [0.717, 1.165) is 13.0 Å². The van der Waals surface area contributed by atoms with Gasteiger partial charge in [0.15, 0.2) is 0 Å². The van der Waals surface area contributed by atoms with Crippen molar-refractivity contribution < 1.29 is 4.39 Å². The van der Waals surface area contributed by atoms with Crippen LogP contribution < -0.4 is 0 Å². The minimum atomic E-state index is -0.518. The SMILES string of the molecule is F[C@H]1C[C@H]2CCCN2C1. The predicted octanol–water partition coefficient (Wildman–Crippen LogP) is 1.19.